The summed E-state index contributed by atoms with van der Waals surface area (Å²) in [5.74, 6) is 0.360. The monoisotopic (exact) mass is 556 g/mol. The molecule has 0 aliphatic heterocycles. The summed E-state index contributed by atoms with van der Waals surface area (Å²) in [7, 11) is 0. The van der Waals surface area contributed by atoms with E-state index in [4.69, 9.17) is 5.73 Å². The molecule has 0 saturated heterocycles. The molecule has 5 nitrogen and oxygen atoms in total. The molecule has 4 N–H and O–H groups in total. The number of hydrogen-bond donors (Lipinski definition) is 3. The molecule has 7 heteroatoms. The van der Waals surface area contributed by atoms with Crippen molar-refractivity contribution < 1.29 is 4.79 Å². The Morgan fingerprint density at radius 3 is 2.57 bits per heavy atom. The number of benzene rings is 2. The van der Waals surface area contributed by atoms with Gasteiger partial charge in [-0.2, -0.15) is 0 Å². The van der Waals surface area contributed by atoms with Crippen molar-refractivity contribution in [3.05, 3.63) is 69.7 Å². The van der Waals surface area contributed by atoms with E-state index in [0.29, 0.717) is 12.1 Å². The smallest absolute Gasteiger partial charge is 0.248 e. The second kappa shape index (κ2) is 10.2. The van der Waals surface area contributed by atoms with Crippen LogP contribution in [0.3, 0.4) is 0 Å². The Balaban J connectivity index is 0.00000280. The predicted molar refractivity (Wildman–Crippen MR) is 128 cm³/mol. The summed E-state index contributed by atoms with van der Waals surface area (Å²) in [4.78, 5) is 16.0. The van der Waals surface area contributed by atoms with E-state index in [1.807, 2.05) is 19.1 Å². The van der Waals surface area contributed by atoms with Crippen LogP contribution in [-0.4, -0.2) is 25.0 Å². The minimum atomic E-state index is -0.421. The topological polar surface area (TPSA) is 79.5 Å². The van der Waals surface area contributed by atoms with E-state index in [2.05, 4.69) is 55.8 Å². The molecule has 0 bridgehead atoms. The van der Waals surface area contributed by atoms with Gasteiger partial charge in [-0.3, -0.25) is 4.79 Å². The molecule has 0 heterocycles. The minimum absolute atomic E-state index is 0. The van der Waals surface area contributed by atoms with Crippen molar-refractivity contribution in [3.8, 4) is 0 Å². The van der Waals surface area contributed by atoms with Gasteiger partial charge >= 0.3 is 0 Å². The molecule has 1 fully saturated rings. The van der Waals surface area contributed by atoms with Crippen LogP contribution >= 0.6 is 39.9 Å². The average molecular weight is 557 g/mol. The van der Waals surface area contributed by atoms with Gasteiger partial charge in [0.05, 0.1) is 6.54 Å². The zero-order chi connectivity index (χ0) is 19.3. The lowest BCUT2D eigenvalue weighted by molar-refractivity contribution is 0.1000. The molecule has 0 unspecified atom stereocenters. The largest absolute Gasteiger partial charge is 0.366 e. The maximum Gasteiger partial charge on any atom is 0.248 e. The number of nitrogens with one attached hydrogen (secondary N) is 2. The molecule has 150 valence electrons. The second-order valence-electron chi connectivity index (χ2n) is 6.90. The van der Waals surface area contributed by atoms with Gasteiger partial charge < -0.3 is 16.4 Å². The summed E-state index contributed by atoms with van der Waals surface area (Å²) in [5.41, 5.74) is 8.36. The number of carbonyl (C=O) groups is 1. The fourth-order valence-corrected chi connectivity index (χ4v) is 3.52. The number of nitrogens with two attached hydrogens (primary N) is 1. The van der Waals surface area contributed by atoms with Crippen LogP contribution in [0.25, 0.3) is 0 Å². The molecular formula is C21H26BrIN4O. The van der Waals surface area contributed by atoms with Crippen LogP contribution in [0.5, 0.6) is 0 Å². The van der Waals surface area contributed by atoms with Gasteiger partial charge in [-0.25, -0.2) is 4.99 Å². The molecule has 3 rings (SSSR count). The highest BCUT2D eigenvalue weighted by molar-refractivity contribution is 14.0. The van der Waals surface area contributed by atoms with Gasteiger partial charge in [0, 0.05) is 28.5 Å². The number of carbonyl (C=O) groups excluding carboxylic acids is 1. The zero-order valence-electron chi connectivity index (χ0n) is 15.9. The first-order valence-electron chi connectivity index (χ1n) is 9.19. The second-order valence-corrected chi connectivity index (χ2v) is 7.82. The number of hydrogen-bond acceptors (Lipinski definition) is 2. The van der Waals surface area contributed by atoms with E-state index < -0.39 is 5.91 Å². The standard InChI is InChI=1S/C21H25BrN4O.HI/c1-2-24-20(25-13-15-5-3-6-16(11-15)19(23)27)26-14-21(9-10-21)17-7-4-8-18(22)12-17;/h3-8,11-12H,2,9-10,13-14H2,1H3,(H2,23,27)(H2,24,25,26);1H. The molecule has 0 aromatic heterocycles. The lowest BCUT2D eigenvalue weighted by Crippen LogP contribution is -2.41. The summed E-state index contributed by atoms with van der Waals surface area (Å²) in [5, 5.41) is 6.77. The van der Waals surface area contributed by atoms with Crippen molar-refractivity contribution >= 4 is 51.8 Å². The molecule has 1 aliphatic carbocycles. The van der Waals surface area contributed by atoms with Crippen molar-refractivity contribution in [1.82, 2.24) is 10.6 Å². The Morgan fingerprint density at radius 1 is 1.18 bits per heavy atom. The van der Waals surface area contributed by atoms with Crippen molar-refractivity contribution in [1.29, 1.82) is 0 Å². The molecule has 2 aromatic rings. The average Bonchev–Trinajstić information content (AvgIpc) is 3.45. The summed E-state index contributed by atoms with van der Waals surface area (Å²) >= 11 is 3.56. The highest BCUT2D eigenvalue weighted by atomic mass is 127. The van der Waals surface area contributed by atoms with Gasteiger partial charge in [-0.15, -0.1) is 24.0 Å². The highest BCUT2D eigenvalue weighted by Gasteiger charge is 2.44. The number of nitrogens with zero attached hydrogens (tertiary/aromatic N) is 1. The first-order valence-corrected chi connectivity index (χ1v) is 9.99. The predicted octanol–water partition coefficient (Wildman–Crippen LogP) is 3.95. The van der Waals surface area contributed by atoms with Crippen LogP contribution in [0.2, 0.25) is 0 Å². The van der Waals surface area contributed by atoms with E-state index in [9.17, 15) is 4.79 Å². The van der Waals surface area contributed by atoms with E-state index >= 15 is 0 Å². The SMILES string of the molecule is CCNC(=NCc1cccc(C(N)=O)c1)NCC1(c2cccc(Br)c2)CC1.I. The van der Waals surface area contributed by atoms with E-state index in [-0.39, 0.29) is 29.4 Å². The molecule has 1 saturated carbocycles. The van der Waals surface area contributed by atoms with Crippen molar-refractivity contribution in [2.24, 2.45) is 10.7 Å². The summed E-state index contributed by atoms with van der Waals surface area (Å²) in [6.45, 7) is 4.17. The summed E-state index contributed by atoms with van der Waals surface area (Å²) in [6.07, 6.45) is 2.35. The van der Waals surface area contributed by atoms with Crippen LogP contribution in [0.15, 0.2) is 58.0 Å². The Morgan fingerprint density at radius 2 is 1.93 bits per heavy atom. The van der Waals surface area contributed by atoms with Crippen LogP contribution in [0.1, 0.15) is 41.3 Å². The van der Waals surface area contributed by atoms with Crippen molar-refractivity contribution in [3.63, 3.8) is 0 Å². The van der Waals surface area contributed by atoms with Gasteiger partial charge in [-0.1, -0.05) is 40.2 Å². The maximum absolute atomic E-state index is 11.3. The Bertz CT molecular complexity index is 852. The van der Waals surface area contributed by atoms with Crippen LogP contribution < -0.4 is 16.4 Å². The molecule has 1 amide bonds. The minimum Gasteiger partial charge on any atom is -0.366 e. The van der Waals surface area contributed by atoms with Gasteiger partial charge in [0.25, 0.3) is 0 Å². The number of rotatable bonds is 7. The fraction of sp³-hybridized carbons (Fsp3) is 0.333. The van der Waals surface area contributed by atoms with E-state index in [0.717, 1.165) is 29.1 Å². The molecule has 0 spiro atoms. The van der Waals surface area contributed by atoms with Gasteiger partial charge in [-0.05, 0) is 55.2 Å². The molecule has 28 heavy (non-hydrogen) atoms. The third-order valence-corrected chi connectivity index (χ3v) is 5.35. The Hall–Kier alpha value is -1.61. The number of halogens is 2. The van der Waals surface area contributed by atoms with Crippen molar-refractivity contribution in [2.75, 3.05) is 13.1 Å². The van der Waals surface area contributed by atoms with Gasteiger partial charge in [0.15, 0.2) is 5.96 Å². The number of aliphatic imine (C=N–C) groups is 1. The Kier molecular flexibility index (Phi) is 8.30. The summed E-state index contributed by atoms with van der Waals surface area (Å²) < 4.78 is 1.11. The van der Waals surface area contributed by atoms with E-state index in [1.54, 1.807) is 12.1 Å². The quantitative estimate of drug-likeness (QED) is 0.274. The van der Waals surface area contributed by atoms with Gasteiger partial charge in [0.1, 0.15) is 0 Å². The zero-order valence-corrected chi connectivity index (χ0v) is 19.8. The lowest BCUT2D eigenvalue weighted by Gasteiger charge is -2.19. The normalized spacial score (nSPS) is 14.7. The molecule has 1 aliphatic rings. The van der Waals surface area contributed by atoms with Gasteiger partial charge in [0.2, 0.25) is 5.91 Å². The Labute approximate surface area is 191 Å². The molecule has 0 atom stereocenters. The molecule has 0 radical (unpaired) electrons. The first kappa shape index (κ1) is 22.7. The third kappa shape index (κ3) is 5.94. The maximum atomic E-state index is 11.3. The number of amides is 1. The number of primary amides is 1. The fourth-order valence-electron chi connectivity index (χ4n) is 3.12. The highest BCUT2D eigenvalue weighted by Crippen LogP contribution is 2.48. The lowest BCUT2D eigenvalue weighted by atomic mass is 9.96. The van der Waals surface area contributed by atoms with Crippen LogP contribution in [0.4, 0.5) is 0 Å². The third-order valence-electron chi connectivity index (χ3n) is 4.86. The van der Waals surface area contributed by atoms with Crippen molar-refractivity contribution in [2.45, 2.75) is 31.7 Å². The molecular weight excluding hydrogens is 531 g/mol. The van der Waals surface area contributed by atoms with E-state index in [1.165, 1.54) is 18.4 Å². The first-order chi connectivity index (χ1) is 13.0. The van der Waals surface area contributed by atoms with Crippen LogP contribution in [-0.2, 0) is 12.0 Å². The number of guanidine groups is 1. The molecule has 2 aromatic carbocycles. The summed E-state index contributed by atoms with van der Waals surface area (Å²) in [6, 6.07) is 15.8. The van der Waals surface area contributed by atoms with Crippen LogP contribution in [0, 0.1) is 0 Å².